The number of anilines is 3. The first kappa shape index (κ1) is 30.5. The molecular formula is C33H42N6O3S. The number of aromatic nitrogens is 1. The lowest BCUT2D eigenvalue weighted by molar-refractivity contribution is -0.127. The summed E-state index contributed by atoms with van der Waals surface area (Å²) in [6.07, 6.45) is 2.22. The summed E-state index contributed by atoms with van der Waals surface area (Å²) in [7, 11) is 0. The first-order valence-corrected chi connectivity index (χ1v) is 16.0. The molecule has 2 N–H and O–H groups in total. The van der Waals surface area contributed by atoms with Crippen LogP contribution < -0.4 is 20.4 Å². The van der Waals surface area contributed by atoms with Gasteiger partial charge in [0.1, 0.15) is 0 Å². The van der Waals surface area contributed by atoms with E-state index in [4.69, 9.17) is 0 Å². The molecule has 2 aliphatic rings. The lowest BCUT2D eigenvalue weighted by Crippen LogP contribution is -2.47. The Bertz CT molecular complexity index is 1470. The van der Waals surface area contributed by atoms with Crippen LogP contribution in [-0.2, 0) is 10.2 Å². The molecule has 1 aromatic heterocycles. The molecule has 5 rings (SSSR count). The van der Waals surface area contributed by atoms with Crippen molar-refractivity contribution in [3.8, 4) is 0 Å². The van der Waals surface area contributed by atoms with E-state index in [1.54, 1.807) is 6.07 Å². The highest BCUT2D eigenvalue weighted by Gasteiger charge is 2.25. The lowest BCUT2D eigenvalue weighted by atomic mass is 9.93. The van der Waals surface area contributed by atoms with Gasteiger partial charge in [-0.15, -0.1) is 11.3 Å². The van der Waals surface area contributed by atoms with E-state index in [-0.39, 0.29) is 23.1 Å². The maximum Gasteiger partial charge on any atom is 0.284 e. The second kappa shape index (κ2) is 13.2. The molecule has 3 aromatic rings. The molecule has 0 spiro atoms. The Morgan fingerprint density at radius 2 is 1.67 bits per heavy atom. The Morgan fingerprint density at radius 3 is 2.33 bits per heavy atom. The molecule has 3 heterocycles. The summed E-state index contributed by atoms with van der Waals surface area (Å²) in [6, 6.07) is 13.9. The Morgan fingerprint density at radius 1 is 0.953 bits per heavy atom. The zero-order valence-corrected chi connectivity index (χ0v) is 26.4. The summed E-state index contributed by atoms with van der Waals surface area (Å²) in [5.41, 5.74) is 5.17. The Hall–Kier alpha value is -3.92. The molecule has 0 aliphatic carbocycles. The van der Waals surface area contributed by atoms with Gasteiger partial charge in [0.05, 0.1) is 17.1 Å². The van der Waals surface area contributed by atoms with Crippen LogP contribution in [0.4, 0.5) is 17.1 Å². The van der Waals surface area contributed by atoms with Gasteiger partial charge in [-0.25, -0.2) is 4.98 Å². The Kier molecular flexibility index (Phi) is 9.34. The van der Waals surface area contributed by atoms with Gasteiger partial charge in [0.15, 0.2) is 5.01 Å². The fraction of sp³-hybridized carbons (Fsp3) is 0.455. The molecule has 0 atom stereocenters. The summed E-state index contributed by atoms with van der Waals surface area (Å²) in [6.45, 7) is 13.5. The second-order valence-corrected chi connectivity index (χ2v) is 13.2. The topological polar surface area (TPSA) is 97.9 Å². The van der Waals surface area contributed by atoms with Crippen LogP contribution in [0.2, 0.25) is 0 Å². The van der Waals surface area contributed by atoms with Crippen molar-refractivity contribution < 1.29 is 14.4 Å². The maximum absolute atomic E-state index is 13.4. The van der Waals surface area contributed by atoms with E-state index in [0.717, 1.165) is 50.5 Å². The van der Waals surface area contributed by atoms with Crippen LogP contribution >= 0.6 is 11.3 Å². The van der Waals surface area contributed by atoms with E-state index in [2.05, 4.69) is 77.4 Å². The number of carbonyl (C=O) groups excluding carboxylic acids is 3. The second-order valence-electron chi connectivity index (χ2n) is 12.3. The van der Waals surface area contributed by atoms with Crippen LogP contribution in [0.1, 0.15) is 71.5 Å². The summed E-state index contributed by atoms with van der Waals surface area (Å²) >= 11 is 1.33. The van der Waals surface area contributed by atoms with Crippen molar-refractivity contribution in [1.29, 1.82) is 0 Å². The van der Waals surface area contributed by atoms with E-state index < -0.39 is 0 Å². The van der Waals surface area contributed by atoms with Crippen LogP contribution in [0.5, 0.6) is 0 Å². The third kappa shape index (κ3) is 7.36. The van der Waals surface area contributed by atoms with Gasteiger partial charge in [0.25, 0.3) is 11.8 Å². The fourth-order valence-electron chi connectivity index (χ4n) is 5.57. The minimum absolute atomic E-state index is 0.156. The molecule has 0 radical (unpaired) electrons. The SMILES string of the molecule is Cc1ccccc1N1CCN(c2ccc(C(=O)NCCCN3CCCC3=O)cc2NC(=O)c2nc(C(C)(C)C)cs2)CC1. The molecule has 0 unspecified atom stereocenters. The van der Waals surface area contributed by atoms with E-state index in [1.165, 1.54) is 22.6 Å². The van der Waals surface area contributed by atoms with Gasteiger partial charge in [0, 0.05) is 74.3 Å². The number of hydrogen-bond acceptors (Lipinski definition) is 7. The molecule has 2 saturated heterocycles. The van der Waals surface area contributed by atoms with Crippen molar-refractivity contribution in [3.05, 3.63) is 69.7 Å². The molecular weight excluding hydrogens is 560 g/mol. The number of hydrogen-bond donors (Lipinski definition) is 2. The molecule has 43 heavy (non-hydrogen) atoms. The van der Waals surface area contributed by atoms with E-state index in [0.29, 0.717) is 42.2 Å². The average Bonchev–Trinajstić information content (AvgIpc) is 3.65. The standard InChI is InChI=1S/C33H42N6O3S/c1-23-9-5-6-10-26(23)37-17-19-38(20-18-37)27-13-12-24(30(41)34-14-8-16-39-15-7-11-29(39)40)21-25(27)35-31(42)32-36-28(22-43-32)33(2,3)4/h5-6,9-10,12-13,21-22H,7-8,11,14-20H2,1-4H3,(H,34,41)(H,35,42). The van der Waals surface area contributed by atoms with Gasteiger partial charge in [-0.05, 0) is 49.6 Å². The van der Waals surface area contributed by atoms with Crippen LogP contribution in [0.3, 0.4) is 0 Å². The molecule has 2 aromatic carbocycles. The predicted molar refractivity (Wildman–Crippen MR) is 174 cm³/mol. The minimum atomic E-state index is -0.284. The molecule has 9 nitrogen and oxygen atoms in total. The van der Waals surface area contributed by atoms with Crippen LogP contribution in [0, 0.1) is 6.92 Å². The van der Waals surface area contributed by atoms with Gasteiger partial charge in [0.2, 0.25) is 5.91 Å². The van der Waals surface area contributed by atoms with Gasteiger partial charge >= 0.3 is 0 Å². The molecule has 3 amide bonds. The van der Waals surface area contributed by atoms with Gasteiger partial charge in [-0.2, -0.15) is 0 Å². The zero-order valence-electron chi connectivity index (χ0n) is 25.6. The van der Waals surface area contributed by atoms with E-state index in [1.807, 2.05) is 22.4 Å². The number of carbonyl (C=O) groups is 3. The third-order valence-corrected chi connectivity index (χ3v) is 8.95. The van der Waals surface area contributed by atoms with Crippen molar-refractivity contribution in [1.82, 2.24) is 15.2 Å². The number of para-hydroxylation sites is 1. The summed E-state index contributed by atoms with van der Waals surface area (Å²) in [5.74, 6) is -0.298. The molecule has 0 saturated carbocycles. The highest BCUT2D eigenvalue weighted by Crippen LogP contribution is 2.31. The lowest BCUT2D eigenvalue weighted by Gasteiger charge is -2.38. The molecule has 2 fully saturated rings. The summed E-state index contributed by atoms with van der Waals surface area (Å²) in [5, 5.41) is 8.38. The van der Waals surface area contributed by atoms with E-state index >= 15 is 0 Å². The predicted octanol–water partition coefficient (Wildman–Crippen LogP) is 5.07. The minimum Gasteiger partial charge on any atom is -0.368 e. The number of nitrogens with one attached hydrogen (secondary N) is 2. The van der Waals surface area contributed by atoms with Gasteiger partial charge < -0.3 is 25.3 Å². The third-order valence-electron chi connectivity index (χ3n) is 8.11. The van der Waals surface area contributed by atoms with Gasteiger partial charge in [-0.3, -0.25) is 14.4 Å². The largest absolute Gasteiger partial charge is 0.368 e. The molecule has 10 heteroatoms. The number of rotatable bonds is 9. The Balaban J connectivity index is 1.30. The average molecular weight is 603 g/mol. The Labute approximate surface area is 258 Å². The van der Waals surface area contributed by atoms with Crippen molar-refractivity contribution in [2.75, 3.05) is 60.9 Å². The number of amides is 3. The van der Waals surface area contributed by atoms with Gasteiger partial charge in [-0.1, -0.05) is 39.0 Å². The van der Waals surface area contributed by atoms with Crippen LogP contribution in [0.25, 0.3) is 0 Å². The first-order valence-electron chi connectivity index (χ1n) is 15.1. The maximum atomic E-state index is 13.4. The zero-order chi connectivity index (χ0) is 30.6. The van der Waals surface area contributed by atoms with Crippen molar-refractivity contribution >= 4 is 46.1 Å². The number of piperazine rings is 1. The molecule has 2 aliphatic heterocycles. The number of aryl methyl sites for hydroxylation is 1. The van der Waals surface area contributed by atoms with Crippen LogP contribution in [-0.4, -0.2) is 73.4 Å². The highest BCUT2D eigenvalue weighted by molar-refractivity contribution is 7.11. The fourth-order valence-corrected chi connectivity index (χ4v) is 6.51. The summed E-state index contributed by atoms with van der Waals surface area (Å²) < 4.78 is 0. The molecule has 0 bridgehead atoms. The number of benzene rings is 2. The van der Waals surface area contributed by atoms with Crippen molar-refractivity contribution in [2.45, 2.75) is 52.4 Å². The summed E-state index contributed by atoms with van der Waals surface area (Å²) in [4.78, 5) is 49.5. The highest BCUT2D eigenvalue weighted by atomic mass is 32.1. The monoisotopic (exact) mass is 602 g/mol. The van der Waals surface area contributed by atoms with Crippen LogP contribution in [0.15, 0.2) is 47.8 Å². The number of likely N-dealkylation sites (tertiary alicyclic amines) is 1. The normalized spacial score (nSPS) is 15.6. The number of nitrogens with zero attached hydrogens (tertiary/aromatic N) is 4. The quantitative estimate of drug-likeness (QED) is 0.332. The van der Waals surface area contributed by atoms with E-state index in [9.17, 15) is 14.4 Å². The van der Waals surface area contributed by atoms with Crippen molar-refractivity contribution in [3.63, 3.8) is 0 Å². The number of thiazole rings is 1. The molecule has 228 valence electrons. The van der Waals surface area contributed by atoms with Crippen molar-refractivity contribution in [2.24, 2.45) is 0 Å². The first-order chi connectivity index (χ1) is 20.6. The smallest absolute Gasteiger partial charge is 0.284 e.